The van der Waals surface area contributed by atoms with E-state index >= 15 is 0 Å². The average Bonchev–Trinajstić information content (AvgIpc) is 2.95. The Morgan fingerprint density at radius 3 is 2.58 bits per heavy atom. The number of nitrogens with zero attached hydrogens (tertiary/aromatic N) is 3. The van der Waals surface area contributed by atoms with E-state index < -0.39 is 0 Å². The summed E-state index contributed by atoms with van der Waals surface area (Å²) in [4.78, 5) is 23.0. The van der Waals surface area contributed by atoms with Crippen molar-refractivity contribution in [2.75, 3.05) is 12.4 Å². The molecule has 0 atom stereocenters. The Bertz CT molecular complexity index is 1130. The van der Waals surface area contributed by atoms with Crippen LogP contribution in [0.4, 0.5) is 5.69 Å². The SMILES string of the molecule is CNc1ccnc2sc3c(=O)n(-c4ccc(C)cc4)c(C)nc3c12. The fraction of sp³-hybridized carbons (Fsp3) is 0.167. The molecule has 0 aliphatic carbocycles. The van der Waals surface area contributed by atoms with Crippen molar-refractivity contribution < 1.29 is 0 Å². The van der Waals surface area contributed by atoms with Gasteiger partial charge in [0, 0.05) is 18.9 Å². The number of thiophene rings is 1. The number of fused-ring (bicyclic) bond motifs is 3. The summed E-state index contributed by atoms with van der Waals surface area (Å²) in [5.41, 5.74) is 3.59. The van der Waals surface area contributed by atoms with E-state index in [-0.39, 0.29) is 5.56 Å². The van der Waals surface area contributed by atoms with Crippen LogP contribution in [0.2, 0.25) is 0 Å². The molecule has 0 fully saturated rings. The minimum atomic E-state index is -0.0496. The van der Waals surface area contributed by atoms with Gasteiger partial charge in [-0.25, -0.2) is 9.97 Å². The predicted molar refractivity (Wildman–Crippen MR) is 99.5 cm³/mol. The number of benzene rings is 1. The highest BCUT2D eigenvalue weighted by atomic mass is 32.1. The average molecular weight is 336 g/mol. The summed E-state index contributed by atoms with van der Waals surface area (Å²) in [6, 6.07) is 9.79. The smallest absolute Gasteiger partial charge is 0.276 e. The van der Waals surface area contributed by atoms with Gasteiger partial charge in [0.05, 0.1) is 11.1 Å². The van der Waals surface area contributed by atoms with Crippen molar-refractivity contribution in [3.8, 4) is 5.69 Å². The van der Waals surface area contributed by atoms with Gasteiger partial charge in [0.25, 0.3) is 5.56 Å². The van der Waals surface area contributed by atoms with Gasteiger partial charge in [-0.15, -0.1) is 11.3 Å². The molecular weight excluding hydrogens is 320 g/mol. The number of hydrogen-bond donors (Lipinski definition) is 1. The molecule has 4 rings (SSSR count). The lowest BCUT2D eigenvalue weighted by Gasteiger charge is -2.10. The van der Waals surface area contributed by atoms with E-state index in [0.29, 0.717) is 10.5 Å². The number of anilines is 1. The van der Waals surface area contributed by atoms with Crippen molar-refractivity contribution in [3.63, 3.8) is 0 Å². The van der Waals surface area contributed by atoms with Crippen LogP contribution in [0, 0.1) is 13.8 Å². The van der Waals surface area contributed by atoms with Crippen molar-refractivity contribution in [1.29, 1.82) is 0 Å². The summed E-state index contributed by atoms with van der Waals surface area (Å²) in [6.45, 7) is 3.89. The number of aromatic nitrogens is 3. The van der Waals surface area contributed by atoms with E-state index in [4.69, 9.17) is 4.98 Å². The Morgan fingerprint density at radius 2 is 1.88 bits per heavy atom. The quantitative estimate of drug-likeness (QED) is 0.607. The second-order valence-electron chi connectivity index (χ2n) is 5.70. The largest absolute Gasteiger partial charge is 0.387 e. The third-order valence-electron chi connectivity index (χ3n) is 4.12. The molecule has 0 amide bonds. The summed E-state index contributed by atoms with van der Waals surface area (Å²) in [7, 11) is 1.86. The molecule has 0 spiro atoms. The summed E-state index contributed by atoms with van der Waals surface area (Å²) >= 11 is 1.39. The third kappa shape index (κ3) is 2.11. The first kappa shape index (κ1) is 14.8. The summed E-state index contributed by atoms with van der Waals surface area (Å²) in [5.74, 6) is 0.668. The zero-order chi connectivity index (χ0) is 16.8. The zero-order valence-corrected chi connectivity index (χ0v) is 14.4. The van der Waals surface area contributed by atoms with Crippen molar-refractivity contribution in [2.45, 2.75) is 13.8 Å². The van der Waals surface area contributed by atoms with Crippen LogP contribution in [-0.4, -0.2) is 21.6 Å². The molecule has 0 aliphatic rings. The van der Waals surface area contributed by atoms with Crippen LogP contribution in [0.1, 0.15) is 11.4 Å². The molecule has 0 saturated heterocycles. The Balaban J connectivity index is 2.10. The Morgan fingerprint density at radius 1 is 1.12 bits per heavy atom. The summed E-state index contributed by atoms with van der Waals surface area (Å²) in [6.07, 6.45) is 1.74. The monoisotopic (exact) mass is 336 g/mol. The number of rotatable bonds is 2. The predicted octanol–water partition coefficient (Wildman–Crippen LogP) is 3.65. The first-order valence-corrected chi connectivity index (χ1v) is 8.47. The molecule has 1 N–H and O–H groups in total. The Hall–Kier alpha value is -2.73. The van der Waals surface area contributed by atoms with Crippen LogP contribution < -0.4 is 10.9 Å². The van der Waals surface area contributed by atoms with Gasteiger partial charge >= 0.3 is 0 Å². The molecule has 5 nitrogen and oxygen atoms in total. The first-order chi connectivity index (χ1) is 11.6. The van der Waals surface area contributed by atoms with Crippen molar-refractivity contribution in [3.05, 3.63) is 58.3 Å². The number of nitrogens with one attached hydrogen (secondary N) is 1. The maximum atomic E-state index is 13.1. The maximum absolute atomic E-state index is 13.1. The van der Waals surface area contributed by atoms with Crippen LogP contribution in [0.15, 0.2) is 41.3 Å². The van der Waals surface area contributed by atoms with Gasteiger partial charge in [0.2, 0.25) is 0 Å². The third-order valence-corrected chi connectivity index (χ3v) is 5.20. The van der Waals surface area contributed by atoms with Gasteiger partial charge < -0.3 is 5.32 Å². The van der Waals surface area contributed by atoms with Gasteiger partial charge in [-0.1, -0.05) is 17.7 Å². The van der Waals surface area contributed by atoms with E-state index in [1.54, 1.807) is 10.8 Å². The maximum Gasteiger partial charge on any atom is 0.276 e. The molecule has 3 heterocycles. The molecule has 24 heavy (non-hydrogen) atoms. The molecule has 1 aromatic carbocycles. The fourth-order valence-electron chi connectivity index (χ4n) is 2.93. The van der Waals surface area contributed by atoms with Crippen molar-refractivity contribution in [1.82, 2.24) is 14.5 Å². The van der Waals surface area contributed by atoms with E-state index in [1.807, 2.05) is 51.2 Å². The van der Waals surface area contributed by atoms with E-state index in [1.165, 1.54) is 11.3 Å². The summed E-state index contributed by atoms with van der Waals surface area (Å²) < 4.78 is 2.29. The van der Waals surface area contributed by atoms with Gasteiger partial charge in [-0.2, -0.15) is 0 Å². The molecule has 0 saturated carbocycles. The molecule has 4 aromatic rings. The number of hydrogen-bond acceptors (Lipinski definition) is 5. The molecule has 6 heteroatoms. The second kappa shape index (κ2) is 5.42. The molecule has 120 valence electrons. The van der Waals surface area contributed by atoms with Gasteiger partial charge in [-0.05, 0) is 32.0 Å². The molecule has 0 radical (unpaired) electrons. The van der Waals surface area contributed by atoms with Gasteiger partial charge in [0.1, 0.15) is 20.9 Å². The minimum Gasteiger partial charge on any atom is -0.387 e. The van der Waals surface area contributed by atoms with Crippen LogP contribution in [0.3, 0.4) is 0 Å². The van der Waals surface area contributed by atoms with Crippen LogP contribution in [0.25, 0.3) is 26.1 Å². The number of pyridine rings is 1. The van der Waals surface area contributed by atoms with Crippen LogP contribution >= 0.6 is 11.3 Å². The highest BCUT2D eigenvalue weighted by molar-refractivity contribution is 7.25. The summed E-state index contributed by atoms with van der Waals surface area (Å²) in [5, 5.41) is 4.07. The lowest BCUT2D eigenvalue weighted by Crippen LogP contribution is -2.21. The molecule has 0 bridgehead atoms. The highest BCUT2D eigenvalue weighted by Gasteiger charge is 2.17. The fourth-order valence-corrected chi connectivity index (χ4v) is 3.96. The highest BCUT2D eigenvalue weighted by Crippen LogP contribution is 2.34. The minimum absolute atomic E-state index is 0.0496. The molecule has 0 unspecified atom stereocenters. The van der Waals surface area contributed by atoms with E-state index in [0.717, 1.165) is 32.7 Å². The standard InChI is InChI=1S/C18H16N4OS/c1-10-4-6-12(7-5-10)22-11(2)21-15-14-13(19-3)8-9-20-17(14)24-16(15)18(22)23/h4-9H,1-3H3,(H,19,20). The molecular formula is C18H16N4OS. The second-order valence-corrected chi connectivity index (χ2v) is 6.70. The Kier molecular flexibility index (Phi) is 3.35. The lowest BCUT2D eigenvalue weighted by molar-refractivity contribution is 0.898. The lowest BCUT2D eigenvalue weighted by atomic mass is 10.2. The normalized spacial score (nSPS) is 11.3. The molecule has 3 aromatic heterocycles. The van der Waals surface area contributed by atoms with Crippen LogP contribution in [-0.2, 0) is 0 Å². The van der Waals surface area contributed by atoms with Gasteiger partial charge in [0.15, 0.2) is 0 Å². The molecule has 0 aliphatic heterocycles. The zero-order valence-electron chi connectivity index (χ0n) is 13.6. The van der Waals surface area contributed by atoms with Crippen LogP contribution in [0.5, 0.6) is 0 Å². The van der Waals surface area contributed by atoms with Gasteiger partial charge in [-0.3, -0.25) is 9.36 Å². The van der Waals surface area contributed by atoms with Crippen molar-refractivity contribution in [2.24, 2.45) is 0 Å². The topological polar surface area (TPSA) is 59.8 Å². The Labute approximate surface area is 142 Å². The van der Waals surface area contributed by atoms with Crippen molar-refractivity contribution >= 4 is 37.5 Å². The first-order valence-electron chi connectivity index (χ1n) is 7.66. The van der Waals surface area contributed by atoms with E-state index in [2.05, 4.69) is 10.3 Å². The number of aryl methyl sites for hydroxylation is 2. The van der Waals surface area contributed by atoms with E-state index in [9.17, 15) is 4.79 Å².